The van der Waals surface area contributed by atoms with Crippen LogP contribution in [0.25, 0.3) is 0 Å². The predicted octanol–water partition coefficient (Wildman–Crippen LogP) is -0.888. The van der Waals surface area contributed by atoms with Gasteiger partial charge in [-0.15, -0.1) is 0 Å². The van der Waals surface area contributed by atoms with Gasteiger partial charge in [0, 0.05) is 6.54 Å². The average molecular weight is 305 g/mol. The summed E-state index contributed by atoms with van der Waals surface area (Å²) in [5, 5.41) is 36.4. The fourth-order valence-electron chi connectivity index (χ4n) is 1.24. The van der Waals surface area contributed by atoms with Crippen molar-refractivity contribution in [3.05, 3.63) is 23.8 Å². The zero-order chi connectivity index (χ0) is 15.6. The van der Waals surface area contributed by atoms with E-state index in [4.69, 9.17) is 10.2 Å². The van der Waals surface area contributed by atoms with Crippen molar-refractivity contribution >= 4 is 16.0 Å². The van der Waals surface area contributed by atoms with Crippen LogP contribution in [0.4, 0.5) is 0 Å². The van der Waals surface area contributed by atoms with Gasteiger partial charge in [0.2, 0.25) is 10.0 Å². The van der Waals surface area contributed by atoms with Gasteiger partial charge in [0.05, 0.1) is 17.1 Å². The highest BCUT2D eigenvalue weighted by molar-refractivity contribution is 7.89. The standard InChI is InChI=1S/C11H15NO7S/c1-11(17,6-13)5-12-20(18,19)7-2-3-9(14)8(4-7)10(15)16/h2-4,12-14,17H,5-6H2,1H3,(H,15,16). The maximum atomic E-state index is 11.9. The van der Waals surface area contributed by atoms with Crippen molar-refractivity contribution in [1.82, 2.24) is 4.72 Å². The maximum Gasteiger partial charge on any atom is 0.339 e. The molecule has 0 aliphatic carbocycles. The quantitative estimate of drug-likeness (QED) is 0.458. The number of phenols is 1. The maximum absolute atomic E-state index is 11.9. The van der Waals surface area contributed by atoms with Crippen molar-refractivity contribution in [2.75, 3.05) is 13.2 Å². The van der Waals surface area contributed by atoms with E-state index in [-0.39, 0.29) is 4.90 Å². The largest absolute Gasteiger partial charge is 0.507 e. The Balaban J connectivity index is 3.05. The molecule has 0 aliphatic rings. The number of carbonyl (C=O) groups is 1. The first-order chi connectivity index (χ1) is 9.09. The van der Waals surface area contributed by atoms with Gasteiger partial charge in [-0.05, 0) is 25.1 Å². The summed E-state index contributed by atoms with van der Waals surface area (Å²) in [6.07, 6.45) is 0. The molecule has 20 heavy (non-hydrogen) atoms. The molecule has 0 aromatic heterocycles. The lowest BCUT2D eigenvalue weighted by Gasteiger charge is -2.20. The molecular weight excluding hydrogens is 290 g/mol. The third kappa shape index (κ3) is 3.90. The van der Waals surface area contributed by atoms with Crippen molar-refractivity contribution in [3.8, 4) is 5.75 Å². The molecule has 0 radical (unpaired) electrons. The number of hydrogen-bond acceptors (Lipinski definition) is 6. The summed E-state index contributed by atoms with van der Waals surface area (Å²) in [5.74, 6) is -2.03. The number of aliphatic hydroxyl groups excluding tert-OH is 1. The number of aromatic hydroxyl groups is 1. The minimum atomic E-state index is -4.07. The Morgan fingerprint density at radius 3 is 2.50 bits per heavy atom. The molecule has 0 amide bonds. The van der Waals surface area contributed by atoms with Crippen LogP contribution < -0.4 is 4.72 Å². The highest BCUT2D eigenvalue weighted by Gasteiger charge is 2.24. The number of hydrogen-bond donors (Lipinski definition) is 5. The fourth-order valence-corrected chi connectivity index (χ4v) is 2.43. The Kier molecular flexibility index (Phi) is 4.71. The first kappa shape index (κ1) is 16.4. The van der Waals surface area contributed by atoms with Gasteiger partial charge in [-0.3, -0.25) is 0 Å². The second-order valence-electron chi connectivity index (χ2n) is 4.46. The van der Waals surface area contributed by atoms with Gasteiger partial charge in [-0.2, -0.15) is 0 Å². The topological polar surface area (TPSA) is 144 Å². The summed E-state index contributed by atoms with van der Waals surface area (Å²) in [6, 6.07) is 2.77. The van der Waals surface area contributed by atoms with Gasteiger partial charge in [-0.25, -0.2) is 17.9 Å². The first-order valence-electron chi connectivity index (χ1n) is 5.48. The van der Waals surface area contributed by atoms with Crippen molar-refractivity contribution in [2.45, 2.75) is 17.4 Å². The van der Waals surface area contributed by atoms with E-state index in [1.807, 2.05) is 4.72 Å². The molecule has 1 aromatic rings. The van der Waals surface area contributed by atoms with Crippen LogP contribution in [0.5, 0.6) is 5.75 Å². The van der Waals surface area contributed by atoms with Gasteiger partial charge in [-0.1, -0.05) is 0 Å². The van der Waals surface area contributed by atoms with Crippen LogP contribution in [0.3, 0.4) is 0 Å². The van der Waals surface area contributed by atoms with Crippen LogP contribution in [-0.4, -0.2) is 53.6 Å². The normalized spacial score (nSPS) is 14.8. The summed E-state index contributed by atoms with van der Waals surface area (Å²) in [4.78, 5) is 10.4. The van der Waals surface area contributed by atoms with E-state index in [0.29, 0.717) is 0 Å². The minimum Gasteiger partial charge on any atom is -0.507 e. The molecule has 8 nitrogen and oxygen atoms in total. The SMILES string of the molecule is CC(O)(CO)CNS(=O)(=O)c1ccc(O)c(C(=O)O)c1. The molecule has 0 saturated carbocycles. The summed E-state index contributed by atoms with van der Waals surface area (Å²) >= 11 is 0. The van der Waals surface area contributed by atoms with Gasteiger partial charge in [0.15, 0.2) is 0 Å². The molecular formula is C11H15NO7S. The second-order valence-corrected chi connectivity index (χ2v) is 6.23. The average Bonchev–Trinajstić information content (AvgIpc) is 2.36. The zero-order valence-electron chi connectivity index (χ0n) is 10.6. The summed E-state index contributed by atoms with van der Waals surface area (Å²) in [6.45, 7) is 0.135. The highest BCUT2D eigenvalue weighted by atomic mass is 32.2. The summed E-state index contributed by atoms with van der Waals surface area (Å²) < 4.78 is 25.8. The molecule has 1 unspecified atom stereocenters. The Bertz CT molecular complexity index is 609. The van der Waals surface area contributed by atoms with E-state index in [2.05, 4.69) is 0 Å². The number of sulfonamides is 1. The number of benzene rings is 1. The molecule has 0 aliphatic heterocycles. The molecule has 1 rings (SSSR count). The smallest absolute Gasteiger partial charge is 0.339 e. The van der Waals surface area contributed by atoms with Gasteiger partial charge < -0.3 is 20.4 Å². The fraction of sp³-hybridized carbons (Fsp3) is 0.364. The van der Waals surface area contributed by atoms with Crippen LogP contribution in [0.15, 0.2) is 23.1 Å². The number of carboxylic acids is 1. The number of aliphatic hydroxyl groups is 2. The van der Waals surface area contributed by atoms with E-state index in [1.165, 1.54) is 6.92 Å². The summed E-state index contributed by atoms with van der Waals surface area (Å²) in [5.41, 5.74) is -2.19. The third-order valence-corrected chi connectivity index (χ3v) is 3.89. The number of rotatable bonds is 6. The van der Waals surface area contributed by atoms with Gasteiger partial charge >= 0.3 is 5.97 Å². The molecule has 5 N–H and O–H groups in total. The lowest BCUT2D eigenvalue weighted by atomic mass is 10.1. The molecule has 0 saturated heterocycles. The van der Waals surface area contributed by atoms with Crippen molar-refractivity contribution in [2.24, 2.45) is 0 Å². The Hall–Kier alpha value is -1.68. The Morgan fingerprint density at radius 1 is 1.40 bits per heavy atom. The van der Waals surface area contributed by atoms with Crippen LogP contribution in [-0.2, 0) is 10.0 Å². The van der Waals surface area contributed by atoms with Crippen molar-refractivity contribution in [3.63, 3.8) is 0 Å². The van der Waals surface area contributed by atoms with E-state index < -0.39 is 46.1 Å². The van der Waals surface area contributed by atoms with E-state index >= 15 is 0 Å². The van der Waals surface area contributed by atoms with Crippen LogP contribution in [0.1, 0.15) is 17.3 Å². The van der Waals surface area contributed by atoms with Crippen LogP contribution in [0.2, 0.25) is 0 Å². The number of nitrogens with one attached hydrogen (secondary N) is 1. The predicted molar refractivity (Wildman–Crippen MR) is 68.0 cm³/mol. The molecule has 9 heteroatoms. The molecule has 1 atom stereocenters. The van der Waals surface area contributed by atoms with Gasteiger partial charge in [0.25, 0.3) is 0 Å². The third-order valence-electron chi connectivity index (χ3n) is 2.49. The first-order valence-corrected chi connectivity index (χ1v) is 6.96. The lowest BCUT2D eigenvalue weighted by molar-refractivity contribution is 0.00681. The highest BCUT2D eigenvalue weighted by Crippen LogP contribution is 2.21. The van der Waals surface area contributed by atoms with Crippen LogP contribution in [0, 0.1) is 0 Å². The van der Waals surface area contributed by atoms with E-state index in [1.54, 1.807) is 0 Å². The number of carboxylic acid groups (broad SMARTS) is 1. The molecule has 0 spiro atoms. The molecule has 112 valence electrons. The van der Waals surface area contributed by atoms with E-state index in [9.17, 15) is 23.4 Å². The molecule has 0 fully saturated rings. The molecule has 0 heterocycles. The Labute approximate surface area is 115 Å². The number of aromatic carboxylic acids is 1. The Morgan fingerprint density at radius 2 is 2.00 bits per heavy atom. The van der Waals surface area contributed by atoms with Crippen LogP contribution >= 0.6 is 0 Å². The minimum absolute atomic E-state index is 0.374. The van der Waals surface area contributed by atoms with E-state index in [0.717, 1.165) is 18.2 Å². The second kappa shape index (κ2) is 5.75. The zero-order valence-corrected chi connectivity index (χ0v) is 11.4. The van der Waals surface area contributed by atoms with Crippen molar-refractivity contribution in [1.29, 1.82) is 0 Å². The van der Waals surface area contributed by atoms with Gasteiger partial charge in [0.1, 0.15) is 11.3 Å². The monoisotopic (exact) mass is 305 g/mol. The summed E-state index contributed by atoms with van der Waals surface area (Å²) in [7, 11) is -4.07. The molecule has 0 bridgehead atoms. The molecule has 1 aromatic carbocycles. The van der Waals surface area contributed by atoms with Crippen molar-refractivity contribution < 1.29 is 33.6 Å². The lowest BCUT2D eigenvalue weighted by Crippen LogP contribution is -2.43.